The molecular formula is C9H16O5S. The van der Waals surface area contributed by atoms with Crippen molar-refractivity contribution in [3.63, 3.8) is 0 Å². The van der Waals surface area contributed by atoms with Crippen molar-refractivity contribution in [1.29, 1.82) is 0 Å². The summed E-state index contributed by atoms with van der Waals surface area (Å²) in [4.78, 5) is 0. The molecule has 0 aromatic carbocycles. The Bertz CT molecular complexity index is 211. The summed E-state index contributed by atoms with van der Waals surface area (Å²) >= 11 is 1.26. The van der Waals surface area contributed by atoms with E-state index in [4.69, 9.17) is 9.84 Å². The van der Waals surface area contributed by atoms with Crippen LogP contribution in [-0.2, 0) is 4.74 Å². The number of hydrogen-bond donors (Lipinski definition) is 4. The van der Waals surface area contributed by atoms with E-state index in [1.165, 1.54) is 11.8 Å². The van der Waals surface area contributed by atoms with Gasteiger partial charge >= 0.3 is 0 Å². The highest BCUT2D eigenvalue weighted by molar-refractivity contribution is 7.99. The second-order valence-corrected chi connectivity index (χ2v) is 4.45. The number of aliphatic hydroxyl groups is 4. The predicted octanol–water partition coefficient (Wildman–Crippen LogP) is -1.29. The Morgan fingerprint density at radius 1 is 1.20 bits per heavy atom. The van der Waals surface area contributed by atoms with E-state index in [9.17, 15) is 15.3 Å². The molecule has 1 aliphatic heterocycles. The molecule has 0 unspecified atom stereocenters. The number of thioether (sulfide) groups is 1. The largest absolute Gasteiger partial charge is 0.394 e. The van der Waals surface area contributed by atoms with E-state index >= 15 is 0 Å². The first-order valence-electron chi connectivity index (χ1n) is 4.64. The Hall–Kier alpha value is -0.110. The summed E-state index contributed by atoms with van der Waals surface area (Å²) < 4.78 is 5.24. The molecule has 0 bridgehead atoms. The quantitative estimate of drug-likeness (QED) is 0.454. The van der Waals surface area contributed by atoms with Gasteiger partial charge in [0.15, 0.2) is 0 Å². The number of hydrogen-bond acceptors (Lipinski definition) is 6. The SMILES string of the molecule is C=CCS[C@H]1O[C@H](CO)[C@@H](O)[C@H](O)[C@@H]1O. The minimum absolute atomic E-state index is 0.393. The van der Waals surface area contributed by atoms with Crippen LogP contribution in [0, 0.1) is 0 Å². The summed E-state index contributed by atoms with van der Waals surface area (Å²) in [6.07, 6.45) is -2.92. The molecule has 1 aliphatic rings. The van der Waals surface area contributed by atoms with Crippen LogP contribution in [-0.4, -0.2) is 62.6 Å². The molecular weight excluding hydrogens is 220 g/mol. The molecule has 4 N–H and O–H groups in total. The highest BCUT2D eigenvalue weighted by Crippen LogP contribution is 2.28. The number of rotatable bonds is 4. The summed E-state index contributed by atoms with van der Waals surface area (Å²) in [6.45, 7) is 3.13. The highest BCUT2D eigenvalue weighted by Gasteiger charge is 2.43. The van der Waals surface area contributed by atoms with E-state index in [0.29, 0.717) is 5.75 Å². The van der Waals surface area contributed by atoms with Crippen LogP contribution in [0.2, 0.25) is 0 Å². The molecule has 0 amide bonds. The first-order chi connectivity index (χ1) is 7.11. The van der Waals surface area contributed by atoms with Crippen molar-refractivity contribution in [2.24, 2.45) is 0 Å². The normalized spacial score (nSPS) is 41.5. The summed E-state index contributed by atoms with van der Waals surface area (Å²) in [5.41, 5.74) is -0.654. The van der Waals surface area contributed by atoms with Crippen molar-refractivity contribution in [2.75, 3.05) is 12.4 Å². The highest BCUT2D eigenvalue weighted by atomic mass is 32.2. The van der Waals surface area contributed by atoms with Gasteiger partial charge in [-0.05, 0) is 0 Å². The molecule has 6 heteroatoms. The van der Waals surface area contributed by atoms with Crippen LogP contribution < -0.4 is 0 Å². The summed E-state index contributed by atoms with van der Waals surface area (Å²) in [7, 11) is 0. The van der Waals surface area contributed by atoms with Crippen molar-refractivity contribution < 1.29 is 25.2 Å². The second-order valence-electron chi connectivity index (χ2n) is 3.32. The van der Waals surface area contributed by atoms with Gasteiger partial charge in [0.05, 0.1) is 6.61 Å². The zero-order valence-electron chi connectivity index (χ0n) is 8.19. The van der Waals surface area contributed by atoms with Gasteiger partial charge < -0.3 is 25.2 Å². The standard InChI is InChI=1S/C9H16O5S/c1-2-3-15-9-8(13)7(12)6(11)5(4-10)14-9/h2,5-13H,1,3-4H2/t5-,6-,7+,8+,9-/m1/s1. The third-order valence-electron chi connectivity index (χ3n) is 2.23. The monoisotopic (exact) mass is 236 g/mol. The van der Waals surface area contributed by atoms with E-state index in [1.807, 2.05) is 0 Å². The van der Waals surface area contributed by atoms with Crippen molar-refractivity contribution >= 4 is 11.8 Å². The Morgan fingerprint density at radius 2 is 1.87 bits per heavy atom. The van der Waals surface area contributed by atoms with Crippen LogP contribution >= 0.6 is 11.8 Å². The van der Waals surface area contributed by atoms with Gasteiger partial charge in [0.1, 0.15) is 29.9 Å². The average molecular weight is 236 g/mol. The molecule has 1 fully saturated rings. The molecule has 88 valence electrons. The Kier molecular flexibility index (Phi) is 5.04. The van der Waals surface area contributed by atoms with Gasteiger partial charge in [-0.25, -0.2) is 0 Å². The van der Waals surface area contributed by atoms with E-state index in [1.54, 1.807) is 6.08 Å². The lowest BCUT2D eigenvalue weighted by atomic mass is 10.0. The van der Waals surface area contributed by atoms with Crippen molar-refractivity contribution in [3.05, 3.63) is 12.7 Å². The lowest BCUT2D eigenvalue weighted by Crippen LogP contribution is -2.57. The summed E-state index contributed by atoms with van der Waals surface area (Å²) in [6, 6.07) is 0. The fourth-order valence-electron chi connectivity index (χ4n) is 1.37. The Labute approximate surface area is 92.4 Å². The molecule has 0 aliphatic carbocycles. The third kappa shape index (κ3) is 2.93. The van der Waals surface area contributed by atoms with Gasteiger partial charge in [0, 0.05) is 5.75 Å². The Balaban J connectivity index is 2.60. The van der Waals surface area contributed by atoms with Crippen LogP contribution in [0.1, 0.15) is 0 Å². The zero-order chi connectivity index (χ0) is 11.4. The molecule has 0 radical (unpaired) electrons. The summed E-state index contributed by atoms with van der Waals surface area (Å²) in [5, 5.41) is 37.4. The van der Waals surface area contributed by atoms with E-state index in [0.717, 1.165) is 0 Å². The molecule has 5 atom stereocenters. The van der Waals surface area contributed by atoms with Crippen LogP contribution in [0.3, 0.4) is 0 Å². The van der Waals surface area contributed by atoms with E-state index < -0.39 is 36.5 Å². The molecule has 15 heavy (non-hydrogen) atoms. The minimum atomic E-state index is -1.29. The lowest BCUT2D eigenvalue weighted by molar-refractivity contribution is -0.205. The molecule has 1 saturated heterocycles. The first-order valence-corrected chi connectivity index (χ1v) is 5.69. The third-order valence-corrected chi connectivity index (χ3v) is 3.37. The van der Waals surface area contributed by atoms with Crippen molar-refractivity contribution in [1.82, 2.24) is 0 Å². The van der Waals surface area contributed by atoms with Gasteiger partial charge in [0.25, 0.3) is 0 Å². The maximum absolute atomic E-state index is 9.58. The molecule has 0 aromatic heterocycles. The minimum Gasteiger partial charge on any atom is -0.394 e. The van der Waals surface area contributed by atoms with Crippen LogP contribution in [0.5, 0.6) is 0 Å². The molecule has 0 aromatic rings. The van der Waals surface area contributed by atoms with Gasteiger partial charge in [0.2, 0.25) is 0 Å². The molecule has 1 heterocycles. The van der Waals surface area contributed by atoms with Crippen molar-refractivity contribution in [2.45, 2.75) is 29.9 Å². The van der Waals surface area contributed by atoms with E-state index in [2.05, 4.69) is 6.58 Å². The zero-order valence-corrected chi connectivity index (χ0v) is 9.01. The number of ether oxygens (including phenoxy) is 1. The van der Waals surface area contributed by atoms with E-state index in [-0.39, 0.29) is 0 Å². The maximum atomic E-state index is 9.58. The topological polar surface area (TPSA) is 90.2 Å². The first kappa shape index (κ1) is 13.0. The van der Waals surface area contributed by atoms with Crippen LogP contribution in [0.15, 0.2) is 12.7 Å². The van der Waals surface area contributed by atoms with Gasteiger partial charge in [-0.2, -0.15) is 0 Å². The molecule has 0 spiro atoms. The fourth-order valence-corrected chi connectivity index (χ4v) is 2.27. The molecule has 5 nitrogen and oxygen atoms in total. The summed E-state index contributed by atoms with van der Waals surface area (Å²) in [5.74, 6) is 0.558. The van der Waals surface area contributed by atoms with Gasteiger partial charge in [-0.1, -0.05) is 6.08 Å². The van der Waals surface area contributed by atoms with Gasteiger partial charge in [-0.15, -0.1) is 18.3 Å². The number of aliphatic hydroxyl groups excluding tert-OH is 4. The maximum Gasteiger partial charge on any atom is 0.132 e. The van der Waals surface area contributed by atoms with Crippen LogP contribution in [0.4, 0.5) is 0 Å². The molecule has 0 saturated carbocycles. The smallest absolute Gasteiger partial charge is 0.132 e. The average Bonchev–Trinajstić information content (AvgIpc) is 2.25. The van der Waals surface area contributed by atoms with Crippen LogP contribution in [0.25, 0.3) is 0 Å². The second kappa shape index (κ2) is 5.83. The van der Waals surface area contributed by atoms with Gasteiger partial charge in [-0.3, -0.25) is 0 Å². The lowest BCUT2D eigenvalue weighted by Gasteiger charge is -2.39. The fraction of sp³-hybridized carbons (Fsp3) is 0.778. The predicted molar refractivity (Wildman–Crippen MR) is 56.4 cm³/mol. The molecule has 1 rings (SSSR count). The van der Waals surface area contributed by atoms with Crippen molar-refractivity contribution in [3.8, 4) is 0 Å². The Morgan fingerprint density at radius 3 is 2.40 bits per heavy atom.